The molecule has 2 aromatic carbocycles. The number of rotatable bonds is 4. The highest BCUT2D eigenvalue weighted by atomic mass is 35.5. The van der Waals surface area contributed by atoms with Gasteiger partial charge in [-0.25, -0.2) is 0 Å². The summed E-state index contributed by atoms with van der Waals surface area (Å²) in [4.78, 5) is 0. The van der Waals surface area contributed by atoms with Gasteiger partial charge in [0.1, 0.15) is 0 Å². The SMILES string of the molecule is CC(O[C@H]1CCCN[C@H]1c1ccccc1)c1cc(Cl)cc(Cl)c1. The van der Waals surface area contributed by atoms with Crippen LogP contribution in [0, 0.1) is 0 Å². The zero-order valence-electron chi connectivity index (χ0n) is 13.1. The zero-order valence-corrected chi connectivity index (χ0v) is 14.6. The summed E-state index contributed by atoms with van der Waals surface area (Å²) in [6, 6.07) is 16.3. The predicted octanol–water partition coefficient (Wildman–Crippen LogP) is 5.56. The highest BCUT2D eigenvalue weighted by Crippen LogP contribution is 2.32. The minimum Gasteiger partial charge on any atom is -0.369 e. The van der Waals surface area contributed by atoms with Crippen molar-refractivity contribution in [2.24, 2.45) is 0 Å². The molecule has 0 radical (unpaired) electrons. The molecule has 4 heteroatoms. The number of piperidine rings is 1. The summed E-state index contributed by atoms with van der Waals surface area (Å²) >= 11 is 12.2. The molecule has 23 heavy (non-hydrogen) atoms. The molecule has 0 amide bonds. The standard InChI is InChI=1S/C19H21Cl2NO/c1-13(15-10-16(20)12-17(21)11-15)23-18-8-5-9-22-19(18)14-6-3-2-4-7-14/h2-4,6-7,10-13,18-19,22H,5,8-9H2,1H3/t13?,18-,19-/m0/s1. The molecule has 0 aliphatic carbocycles. The fraction of sp³-hybridized carbons (Fsp3) is 0.368. The first kappa shape index (κ1) is 16.8. The second-order valence-electron chi connectivity index (χ2n) is 6.00. The van der Waals surface area contributed by atoms with Crippen LogP contribution < -0.4 is 5.32 Å². The van der Waals surface area contributed by atoms with Gasteiger partial charge in [-0.3, -0.25) is 0 Å². The third kappa shape index (κ3) is 4.27. The Hall–Kier alpha value is -1.06. The van der Waals surface area contributed by atoms with E-state index in [1.54, 1.807) is 6.07 Å². The molecular weight excluding hydrogens is 329 g/mol. The van der Waals surface area contributed by atoms with Crippen molar-refractivity contribution < 1.29 is 4.74 Å². The lowest BCUT2D eigenvalue weighted by atomic mass is 9.94. The van der Waals surface area contributed by atoms with Crippen molar-refractivity contribution in [3.8, 4) is 0 Å². The number of hydrogen-bond donors (Lipinski definition) is 1. The fourth-order valence-electron chi connectivity index (χ4n) is 3.15. The number of benzene rings is 2. The molecule has 0 bridgehead atoms. The van der Waals surface area contributed by atoms with Gasteiger partial charge in [-0.2, -0.15) is 0 Å². The second kappa shape index (κ2) is 7.67. The molecule has 122 valence electrons. The molecule has 3 atom stereocenters. The van der Waals surface area contributed by atoms with Gasteiger partial charge < -0.3 is 10.1 Å². The summed E-state index contributed by atoms with van der Waals surface area (Å²) < 4.78 is 6.37. The Bertz CT molecular complexity index is 627. The van der Waals surface area contributed by atoms with E-state index >= 15 is 0 Å². The van der Waals surface area contributed by atoms with Crippen LogP contribution in [0.4, 0.5) is 0 Å². The van der Waals surface area contributed by atoms with E-state index in [4.69, 9.17) is 27.9 Å². The Labute approximate surface area is 147 Å². The Kier molecular flexibility index (Phi) is 5.60. The van der Waals surface area contributed by atoms with Crippen molar-refractivity contribution in [2.75, 3.05) is 6.54 Å². The fourth-order valence-corrected chi connectivity index (χ4v) is 3.69. The van der Waals surface area contributed by atoms with Crippen LogP contribution in [-0.2, 0) is 4.74 Å². The van der Waals surface area contributed by atoms with Crippen molar-refractivity contribution in [3.63, 3.8) is 0 Å². The summed E-state index contributed by atoms with van der Waals surface area (Å²) in [6.07, 6.45) is 2.25. The predicted molar refractivity (Wildman–Crippen MR) is 96.2 cm³/mol. The minimum atomic E-state index is -0.0534. The molecular formula is C19H21Cl2NO. The van der Waals surface area contributed by atoms with Crippen LogP contribution in [0.3, 0.4) is 0 Å². The van der Waals surface area contributed by atoms with Gasteiger partial charge in [-0.05, 0) is 55.6 Å². The van der Waals surface area contributed by atoms with E-state index in [0.29, 0.717) is 10.0 Å². The lowest BCUT2D eigenvalue weighted by Gasteiger charge is -2.35. The number of ether oxygens (including phenoxy) is 1. The first-order valence-corrected chi connectivity index (χ1v) is 8.79. The summed E-state index contributed by atoms with van der Waals surface area (Å²) in [6.45, 7) is 3.08. The van der Waals surface area contributed by atoms with Crippen LogP contribution in [0.1, 0.15) is 43.0 Å². The van der Waals surface area contributed by atoms with Gasteiger partial charge in [0.25, 0.3) is 0 Å². The van der Waals surface area contributed by atoms with E-state index in [1.165, 1.54) is 5.56 Å². The lowest BCUT2D eigenvalue weighted by molar-refractivity contribution is -0.0392. The Morgan fingerprint density at radius 3 is 2.48 bits per heavy atom. The maximum absolute atomic E-state index is 6.37. The van der Waals surface area contributed by atoms with E-state index in [9.17, 15) is 0 Å². The van der Waals surface area contributed by atoms with Gasteiger partial charge in [0, 0.05) is 10.0 Å². The van der Waals surface area contributed by atoms with E-state index in [-0.39, 0.29) is 18.2 Å². The Balaban J connectivity index is 1.76. The van der Waals surface area contributed by atoms with Crippen LogP contribution in [0.15, 0.2) is 48.5 Å². The van der Waals surface area contributed by atoms with Crippen LogP contribution in [0.25, 0.3) is 0 Å². The Morgan fingerprint density at radius 1 is 1.09 bits per heavy atom. The monoisotopic (exact) mass is 349 g/mol. The highest BCUT2D eigenvalue weighted by Gasteiger charge is 2.28. The number of nitrogens with one attached hydrogen (secondary N) is 1. The van der Waals surface area contributed by atoms with Crippen LogP contribution in [0.2, 0.25) is 10.0 Å². The molecule has 1 saturated heterocycles. The van der Waals surface area contributed by atoms with E-state index < -0.39 is 0 Å². The van der Waals surface area contributed by atoms with Gasteiger partial charge in [-0.1, -0.05) is 53.5 Å². The summed E-state index contributed by atoms with van der Waals surface area (Å²) in [5.41, 5.74) is 2.29. The smallest absolute Gasteiger partial charge is 0.0802 e. The third-order valence-electron chi connectivity index (χ3n) is 4.29. The molecule has 0 aromatic heterocycles. The molecule has 1 unspecified atom stereocenters. The molecule has 1 N–H and O–H groups in total. The minimum absolute atomic E-state index is 0.0534. The van der Waals surface area contributed by atoms with Gasteiger partial charge in [0.2, 0.25) is 0 Å². The van der Waals surface area contributed by atoms with Crippen LogP contribution in [-0.4, -0.2) is 12.6 Å². The van der Waals surface area contributed by atoms with Crippen molar-refractivity contribution >= 4 is 23.2 Å². The van der Waals surface area contributed by atoms with Gasteiger partial charge in [-0.15, -0.1) is 0 Å². The van der Waals surface area contributed by atoms with Crippen LogP contribution >= 0.6 is 23.2 Å². The number of halogens is 2. The third-order valence-corrected chi connectivity index (χ3v) is 4.73. The molecule has 0 spiro atoms. The van der Waals surface area contributed by atoms with Gasteiger partial charge >= 0.3 is 0 Å². The number of hydrogen-bond acceptors (Lipinski definition) is 2. The first-order valence-electron chi connectivity index (χ1n) is 8.03. The molecule has 1 aliphatic rings. The van der Waals surface area contributed by atoms with Gasteiger partial charge in [0.15, 0.2) is 0 Å². The van der Waals surface area contributed by atoms with Crippen molar-refractivity contribution in [2.45, 2.75) is 38.0 Å². The van der Waals surface area contributed by atoms with E-state index in [1.807, 2.05) is 18.2 Å². The largest absolute Gasteiger partial charge is 0.369 e. The van der Waals surface area contributed by atoms with Crippen molar-refractivity contribution in [1.29, 1.82) is 0 Å². The van der Waals surface area contributed by atoms with Gasteiger partial charge in [0.05, 0.1) is 18.2 Å². The first-order chi connectivity index (χ1) is 11.1. The summed E-state index contributed by atoms with van der Waals surface area (Å²) in [5, 5.41) is 4.87. The molecule has 1 heterocycles. The molecule has 1 aliphatic heterocycles. The molecule has 1 fully saturated rings. The summed E-state index contributed by atoms with van der Waals surface area (Å²) in [5.74, 6) is 0. The quantitative estimate of drug-likeness (QED) is 0.779. The van der Waals surface area contributed by atoms with Crippen molar-refractivity contribution in [1.82, 2.24) is 5.32 Å². The zero-order chi connectivity index (χ0) is 16.2. The lowest BCUT2D eigenvalue weighted by Crippen LogP contribution is -2.39. The molecule has 3 rings (SSSR count). The van der Waals surface area contributed by atoms with Crippen LogP contribution in [0.5, 0.6) is 0 Å². The average molecular weight is 350 g/mol. The van der Waals surface area contributed by atoms with Crippen molar-refractivity contribution in [3.05, 3.63) is 69.7 Å². The maximum atomic E-state index is 6.37. The topological polar surface area (TPSA) is 21.3 Å². The Morgan fingerprint density at radius 2 is 1.78 bits per heavy atom. The highest BCUT2D eigenvalue weighted by molar-refractivity contribution is 6.34. The van der Waals surface area contributed by atoms with E-state index in [2.05, 4.69) is 36.5 Å². The maximum Gasteiger partial charge on any atom is 0.0802 e. The molecule has 0 saturated carbocycles. The van der Waals surface area contributed by atoms with E-state index in [0.717, 1.165) is 24.9 Å². The summed E-state index contributed by atoms with van der Waals surface area (Å²) in [7, 11) is 0. The second-order valence-corrected chi connectivity index (χ2v) is 6.88. The molecule has 2 nitrogen and oxygen atoms in total. The average Bonchev–Trinajstić information content (AvgIpc) is 2.55. The normalized spacial score (nSPS) is 22.7. The molecule has 2 aromatic rings.